The van der Waals surface area contributed by atoms with Gasteiger partial charge in [0.05, 0.1) is 23.2 Å². The van der Waals surface area contributed by atoms with Gasteiger partial charge in [0.15, 0.2) is 11.5 Å². The highest BCUT2D eigenvalue weighted by atomic mass is 19.1. The van der Waals surface area contributed by atoms with Gasteiger partial charge >= 0.3 is 0 Å². The molecule has 0 atom stereocenters. The molecule has 1 aliphatic carbocycles. The van der Waals surface area contributed by atoms with Gasteiger partial charge in [0.1, 0.15) is 11.2 Å². The van der Waals surface area contributed by atoms with Crippen molar-refractivity contribution in [3.8, 4) is 11.9 Å². The molecular formula is C26H25FN8O. The minimum Gasteiger partial charge on any atom is -0.324 e. The summed E-state index contributed by atoms with van der Waals surface area (Å²) < 4.78 is 17.9. The van der Waals surface area contributed by atoms with Gasteiger partial charge in [-0.25, -0.2) is 23.7 Å². The van der Waals surface area contributed by atoms with Gasteiger partial charge in [-0.05, 0) is 75.0 Å². The Hall–Kier alpha value is -4.10. The smallest absolute Gasteiger partial charge is 0.278 e. The van der Waals surface area contributed by atoms with Crippen LogP contribution in [0.4, 0.5) is 16.0 Å². The molecule has 4 aromatic rings. The first kappa shape index (κ1) is 22.4. The van der Waals surface area contributed by atoms with E-state index in [4.69, 9.17) is 4.98 Å². The largest absolute Gasteiger partial charge is 0.324 e. The number of benzene rings is 1. The van der Waals surface area contributed by atoms with Gasteiger partial charge in [-0.3, -0.25) is 4.79 Å². The molecule has 36 heavy (non-hydrogen) atoms. The SMILES string of the molecule is CC(C)(C#N)c1nc(-n2c3nc(Nc4ccc5c(c4)CNCC5)ncc3c(=O)n2C2CC2)ccc1F. The van der Waals surface area contributed by atoms with Crippen LogP contribution >= 0.6 is 0 Å². The minimum atomic E-state index is -1.14. The van der Waals surface area contributed by atoms with E-state index in [9.17, 15) is 14.4 Å². The second kappa shape index (κ2) is 8.24. The van der Waals surface area contributed by atoms with E-state index in [2.05, 4.69) is 38.8 Å². The molecule has 0 bridgehead atoms. The molecule has 0 spiro atoms. The van der Waals surface area contributed by atoms with Crippen molar-refractivity contribution in [3.05, 3.63) is 69.5 Å². The maximum Gasteiger partial charge on any atom is 0.278 e. The number of aromatic nitrogens is 5. The molecule has 1 fully saturated rings. The number of pyridine rings is 1. The fourth-order valence-electron chi connectivity index (χ4n) is 4.66. The number of halogens is 1. The van der Waals surface area contributed by atoms with Crippen LogP contribution in [0.2, 0.25) is 0 Å². The summed E-state index contributed by atoms with van der Waals surface area (Å²) in [6.07, 6.45) is 4.23. The molecule has 0 radical (unpaired) electrons. The summed E-state index contributed by atoms with van der Waals surface area (Å²) in [5.41, 5.74) is 2.45. The van der Waals surface area contributed by atoms with Gasteiger partial charge in [0.25, 0.3) is 5.56 Å². The summed E-state index contributed by atoms with van der Waals surface area (Å²) >= 11 is 0. The fraction of sp³-hybridized carbons (Fsp3) is 0.346. The molecule has 0 unspecified atom stereocenters. The lowest BCUT2D eigenvalue weighted by Gasteiger charge is -2.18. The lowest BCUT2D eigenvalue weighted by molar-refractivity contribution is 0.525. The number of rotatable bonds is 5. The molecule has 0 saturated heterocycles. The molecule has 6 rings (SSSR count). The Kier molecular flexibility index (Phi) is 5.12. The lowest BCUT2D eigenvalue weighted by atomic mass is 9.90. The zero-order valence-electron chi connectivity index (χ0n) is 20.0. The van der Waals surface area contributed by atoms with Crippen LogP contribution in [0.1, 0.15) is 49.6 Å². The van der Waals surface area contributed by atoms with Crippen LogP contribution in [0.25, 0.3) is 16.9 Å². The van der Waals surface area contributed by atoms with Gasteiger partial charge in [-0.15, -0.1) is 0 Å². The summed E-state index contributed by atoms with van der Waals surface area (Å²) in [6.45, 7) is 5.01. The van der Waals surface area contributed by atoms with Crippen molar-refractivity contribution < 1.29 is 4.39 Å². The molecule has 182 valence electrons. The number of nitrogens with zero attached hydrogens (tertiary/aromatic N) is 6. The minimum absolute atomic E-state index is 0.00975. The average molecular weight is 485 g/mol. The van der Waals surface area contributed by atoms with E-state index in [1.807, 2.05) is 6.07 Å². The summed E-state index contributed by atoms with van der Waals surface area (Å²) in [5.74, 6) is 0.104. The van der Waals surface area contributed by atoms with Crippen molar-refractivity contribution in [3.63, 3.8) is 0 Å². The predicted molar refractivity (Wildman–Crippen MR) is 133 cm³/mol. The fourth-order valence-corrected chi connectivity index (χ4v) is 4.66. The lowest BCUT2D eigenvalue weighted by Crippen LogP contribution is -2.24. The Bertz CT molecular complexity index is 1610. The van der Waals surface area contributed by atoms with Gasteiger partial charge in [-0.1, -0.05) is 6.07 Å². The predicted octanol–water partition coefficient (Wildman–Crippen LogP) is 3.64. The molecule has 10 heteroatoms. The number of nitriles is 1. The molecule has 1 saturated carbocycles. The molecule has 4 heterocycles. The monoisotopic (exact) mass is 484 g/mol. The van der Waals surface area contributed by atoms with Crippen LogP contribution in [0.3, 0.4) is 0 Å². The molecular weight excluding hydrogens is 459 g/mol. The second-order valence-electron chi connectivity index (χ2n) is 9.90. The van der Waals surface area contributed by atoms with E-state index in [0.717, 1.165) is 38.0 Å². The average Bonchev–Trinajstić information content (AvgIpc) is 3.68. The molecule has 2 aliphatic rings. The highest BCUT2D eigenvalue weighted by Gasteiger charge is 2.32. The summed E-state index contributed by atoms with van der Waals surface area (Å²) in [5, 5.41) is 16.5. The second-order valence-corrected chi connectivity index (χ2v) is 9.90. The van der Waals surface area contributed by atoms with Crippen molar-refractivity contribution in [2.45, 2.75) is 51.1 Å². The Morgan fingerprint density at radius 2 is 2.03 bits per heavy atom. The highest BCUT2D eigenvalue weighted by molar-refractivity contribution is 5.77. The van der Waals surface area contributed by atoms with Crippen LogP contribution in [0, 0.1) is 17.1 Å². The van der Waals surface area contributed by atoms with Crippen LogP contribution in [-0.2, 0) is 18.4 Å². The van der Waals surface area contributed by atoms with Crippen LogP contribution in [0.15, 0.2) is 41.3 Å². The number of nitrogens with one attached hydrogen (secondary N) is 2. The van der Waals surface area contributed by atoms with Gasteiger partial charge < -0.3 is 10.6 Å². The third-order valence-corrected chi connectivity index (χ3v) is 6.78. The standard InChI is InChI=1S/C26H25FN8O/c1-26(2,14-28)22-20(27)7-8-21(32-22)35-23-19(24(36)34(35)18-5-6-18)13-30-25(33-23)31-17-4-3-15-9-10-29-12-16(15)11-17/h3-4,7-8,11,13,18,29H,5-6,9-10,12H2,1-2H3,(H,30,31,33). The van der Waals surface area contributed by atoms with Crippen molar-refractivity contribution in [2.24, 2.45) is 0 Å². The van der Waals surface area contributed by atoms with E-state index in [1.165, 1.54) is 29.5 Å². The Labute approximate surface area is 206 Å². The maximum atomic E-state index is 14.7. The van der Waals surface area contributed by atoms with Gasteiger partial charge in [-0.2, -0.15) is 10.2 Å². The number of fused-ring (bicyclic) bond motifs is 2. The van der Waals surface area contributed by atoms with Crippen LogP contribution in [0.5, 0.6) is 0 Å². The Morgan fingerprint density at radius 1 is 1.19 bits per heavy atom. The quantitative estimate of drug-likeness (QED) is 0.445. The first-order valence-electron chi connectivity index (χ1n) is 12.0. The van der Waals surface area contributed by atoms with E-state index < -0.39 is 11.2 Å². The van der Waals surface area contributed by atoms with Crippen molar-refractivity contribution in [1.82, 2.24) is 29.6 Å². The van der Waals surface area contributed by atoms with Crippen LogP contribution < -0.4 is 16.2 Å². The summed E-state index contributed by atoms with van der Waals surface area (Å²) in [7, 11) is 0. The van der Waals surface area contributed by atoms with Gasteiger partial charge in [0, 0.05) is 18.4 Å². The summed E-state index contributed by atoms with van der Waals surface area (Å²) in [4.78, 5) is 26.9. The van der Waals surface area contributed by atoms with E-state index >= 15 is 0 Å². The third kappa shape index (κ3) is 3.72. The molecule has 1 aromatic carbocycles. The molecule has 1 aliphatic heterocycles. The molecule has 2 N–H and O–H groups in total. The topological polar surface area (TPSA) is 113 Å². The molecule has 0 amide bonds. The van der Waals surface area contributed by atoms with Crippen LogP contribution in [-0.4, -0.2) is 30.9 Å². The van der Waals surface area contributed by atoms with Gasteiger partial charge in [0.2, 0.25) is 5.95 Å². The van der Waals surface area contributed by atoms with E-state index in [0.29, 0.717) is 22.8 Å². The van der Waals surface area contributed by atoms with E-state index in [-0.39, 0.29) is 17.3 Å². The Balaban J connectivity index is 1.48. The number of anilines is 2. The van der Waals surface area contributed by atoms with Crippen molar-refractivity contribution in [2.75, 3.05) is 11.9 Å². The zero-order valence-corrected chi connectivity index (χ0v) is 20.0. The first-order chi connectivity index (χ1) is 17.4. The number of hydrogen-bond donors (Lipinski definition) is 2. The highest BCUT2D eigenvalue weighted by Crippen LogP contribution is 2.36. The first-order valence-corrected chi connectivity index (χ1v) is 12.0. The Morgan fingerprint density at radius 3 is 2.81 bits per heavy atom. The molecule has 9 nitrogen and oxygen atoms in total. The van der Waals surface area contributed by atoms with Crippen molar-refractivity contribution in [1.29, 1.82) is 5.26 Å². The zero-order chi connectivity index (χ0) is 25.0. The normalized spacial score (nSPS) is 15.5. The summed E-state index contributed by atoms with van der Waals surface area (Å²) in [6, 6.07) is 11.1. The maximum absolute atomic E-state index is 14.7. The molecule has 3 aromatic heterocycles. The third-order valence-electron chi connectivity index (χ3n) is 6.78. The van der Waals surface area contributed by atoms with Crippen molar-refractivity contribution >= 4 is 22.7 Å². The number of hydrogen-bond acceptors (Lipinski definition) is 7. The van der Waals surface area contributed by atoms with E-state index in [1.54, 1.807) is 23.2 Å².